The number of benzene rings is 1. The van der Waals surface area contributed by atoms with Crippen LogP contribution in [-0.2, 0) is 13.1 Å². The molecular formula is C20H19ClN4O. The number of nitrogens with two attached hydrogens (primary N) is 1. The number of hydrogen-bond donors (Lipinski definition) is 2. The number of rotatable bonds is 5. The van der Waals surface area contributed by atoms with Crippen molar-refractivity contribution in [3.05, 3.63) is 82.4 Å². The van der Waals surface area contributed by atoms with Gasteiger partial charge in [-0.25, -0.2) is 0 Å². The molecule has 0 aliphatic carbocycles. The van der Waals surface area contributed by atoms with E-state index in [2.05, 4.69) is 15.3 Å². The number of aromatic nitrogens is 2. The Labute approximate surface area is 157 Å². The predicted octanol–water partition coefficient (Wildman–Crippen LogP) is 3.49. The van der Waals surface area contributed by atoms with Gasteiger partial charge in [0, 0.05) is 35.2 Å². The Balaban J connectivity index is 1.84. The first-order chi connectivity index (χ1) is 12.5. The van der Waals surface area contributed by atoms with Gasteiger partial charge >= 0.3 is 0 Å². The minimum atomic E-state index is -0.186. The van der Waals surface area contributed by atoms with E-state index in [4.69, 9.17) is 17.3 Å². The van der Waals surface area contributed by atoms with Crippen LogP contribution >= 0.6 is 11.6 Å². The smallest absolute Gasteiger partial charge is 0.251 e. The summed E-state index contributed by atoms with van der Waals surface area (Å²) >= 11 is 5.95. The highest BCUT2D eigenvalue weighted by Gasteiger charge is 2.10. The third-order valence-electron chi connectivity index (χ3n) is 3.93. The molecule has 0 radical (unpaired) electrons. The molecule has 0 spiro atoms. The first-order valence-electron chi connectivity index (χ1n) is 8.21. The fraction of sp³-hybridized carbons (Fsp3) is 0.150. The maximum Gasteiger partial charge on any atom is 0.251 e. The largest absolute Gasteiger partial charge is 0.346 e. The van der Waals surface area contributed by atoms with Gasteiger partial charge in [-0.2, -0.15) is 0 Å². The first kappa shape index (κ1) is 18.0. The van der Waals surface area contributed by atoms with Crippen molar-refractivity contribution in [2.75, 3.05) is 0 Å². The highest BCUT2D eigenvalue weighted by molar-refractivity contribution is 6.30. The summed E-state index contributed by atoms with van der Waals surface area (Å²) in [4.78, 5) is 21.0. The summed E-state index contributed by atoms with van der Waals surface area (Å²) in [7, 11) is 0. The minimum Gasteiger partial charge on any atom is -0.346 e. The summed E-state index contributed by atoms with van der Waals surface area (Å²) in [5.41, 5.74) is 10.8. The zero-order valence-electron chi connectivity index (χ0n) is 14.4. The number of pyridine rings is 2. The summed E-state index contributed by atoms with van der Waals surface area (Å²) in [6.07, 6.45) is 3.37. The molecule has 0 saturated heterocycles. The van der Waals surface area contributed by atoms with E-state index in [1.165, 1.54) is 0 Å². The van der Waals surface area contributed by atoms with Gasteiger partial charge in [-0.15, -0.1) is 0 Å². The van der Waals surface area contributed by atoms with Crippen LogP contribution in [0.4, 0.5) is 0 Å². The van der Waals surface area contributed by atoms with Crippen LogP contribution in [0.15, 0.2) is 54.9 Å². The molecule has 3 aromatic rings. The Morgan fingerprint density at radius 3 is 2.62 bits per heavy atom. The van der Waals surface area contributed by atoms with Crippen LogP contribution < -0.4 is 11.1 Å². The second kappa shape index (κ2) is 8.08. The second-order valence-electron chi connectivity index (χ2n) is 5.96. The molecule has 3 N–H and O–H groups in total. The van der Waals surface area contributed by atoms with Gasteiger partial charge in [0.25, 0.3) is 5.91 Å². The maximum atomic E-state index is 12.6. The molecule has 1 aromatic carbocycles. The van der Waals surface area contributed by atoms with Crippen LogP contribution in [0.5, 0.6) is 0 Å². The molecule has 0 saturated carbocycles. The quantitative estimate of drug-likeness (QED) is 0.724. The monoisotopic (exact) mass is 366 g/mol. The van der Waals surface area contributed by atoms with Gasteiger partial charge in [0.1, 0.15) is 0 Å². The highest BCUT2D eigenvalue weighted by Crippen LogP contribution is 2.23. The van der Waals surface area contributed by atoms with E-state index in [0.717, 1.165) is 22.4 Å². The van der Waals surface area contributed by atoms with Crippen molar-refractivity contribution in [3.63, 3.8) is 0 Å². The van der Waals surface area contributed by atoms with Crippen molar-refractivity contribution in [1.82, 2.24) is 15.3 Å². The second-order valence-corrected chi connectivity index (χ2v) is 6.39. The number of halogens is 1. The Morgan fingerprint density at radius 1 is 1.08 bits per heavy atom. The Bertz CT molecular complexity index is 943. The number of carbonyl (C=O) groups excluding carboxylic acids is 1. The topological polar surface area (TPSA) is 80.9 Å². The molecular weight excluding hydrogens is 348 g/mol. The molecule has 5 nitrogen and oxygen atoms in total. The predicted molar refractivity (Wildman–Crippen MR) is 103 cm³/mol. The number of carbonyl (C=O) groups is 1. The number of nitrogens with one attached hydrogen (secondary N) is 1. The number of hydrogen-bond acceptors (Lipinski definition) is 4. The number of aryl methyl sites for hydroxylation is 1. The van der Waals surface area contributed by atoms with E-state index in [0.29, 0.717) is 29.4 Å². The lowest BCUT2D eigenvalue weighted by Crippen LogP contribution is -2.23. The Kier molecular flexibility index (Phi) is 5.61. The van der Waals surface area contributed by atoms with Crippen LogP contribution in [0.3, 0.4) is 0 Å². The van der Waals surface area contributed by atoms with E-state index in [1.54, 1.807) is 30.6 Å². The summed E-state index contributed by atoms with van der Waals surface area (Å²) < 4.78 is 0. The lowest BCUT2D eigenvalue weighted by molar-refractivity contribution is 0.0950. The van der Waals surface area contributed by atoms with E-state index in [9.17, 15) is 4.79 Å². The lowest BCUT2D eigenvalue weighted by atomic mass is 9.99. The van der Waals surface area contributed by atoms with Gasteiger partial charge in [-0.05, 0) is 66.1 Å². The standard InChI is InChI=1S/C20H19ClN4O/c1-13-6-15(2-4-23-13)16-7-14(11-22)8-17(9-16)20(26)25-12-19-10-18(21)3-5-24-19/h2-10H,11-12,22H2,1H3,(H,25,26). The van der Waals surface area contributed by atoms with Gasteiger partial charge in [-0.3, -0.25) is 14.8 Å². The molecule has 0 fully saturated rings. The van der Waals surface area contributed by atoms with Crippen LogP contribution in [0, 0.1) is 6.92 Å². The molecule has 132 valence electrons. The molecule has 26 heavy (non-hydrogen) atoms. The van der Waals surface area contributed by atoms with Crippen LogP contribution in [0.2, 0.25) is 5.02 Å². The molecule has 0 aliphatic rings. The zero-order valence-corrected chi connectivity index (χ0v) is 15.1. The Hall–Kier alpha value is -2.76. The maximum absolute atomic E-state index is 12.6. The molecule has 6 heteroatoms. The van der Waals surface area contributed by atoms with Crippen molar-refractivity contribution in [2.24, 2.45) is 5.73 Å². The normalized spacial score (nSPS) is 10.6. The van der Waals surface area contributed by atoms with Gasteiger partial charge < -0.3 is 11.1 Å². The van der Waals surface area contributed by atoms with Gasteiger partial charge in [0.05, 0.1) is 12.2 Å². The molecule has 0 unspecified atom stereocenters. The van der Waals surface area contributed by atoms with Gasteiger partial charge in [0.15, 0.2) is 0 Å². The average Bonchev–Trinajstić information content (AvgIpc) is 2.65. The van der Waals surface area contributed by atoms with Crippen molar-refractivity contribution in [3.8, 4) is 11.1 Å². The fourth-order valence-corrected chi connectivity index (χ4v) is 2.83. The summed E-state index contributed by atoms with van der Waals surface area (Å²) in [5, 5.41) is 3.46. The zero-order chi connectivity index (χ0) is 18.5. The number of amides is 1. The molecule has 1 amide bonds. The molecule has 0 bridgehead atoms. The lowest BCUT2D eigenvalue weighted by Gasteiger charge is -2.10. The van der Waals surface area contributed by atoms with E-state index >= 15 is 0 Å². The average molecular weight is 367 g/mol. The van der Waals surface area contributed by atoms with Crippen molar-refractivity contribution in [2.45, 2.75) is 20.0 Å². The number of nitrogens with zero attached hydrogens (tertiary/aromatic N) is 2. The molecule has 2 heterocycles. The van der Waals surface area contributed by atoms with Crippen molar-refractivity contribution >= 4 is 17.5 Å². The molecule has 2 aromatic heterocycles. The Morgan fingerprint density at radius 2 is 1.88 bits per heavy atom. The molecule has 3 rings (SSSR count). The van der Waals surface area contributed by atoms with Crippen LogP contribution in [0.25, 0.3) is 11.1 Å². The van der Waals surface area contributed by atoms with E-state index < -0.39 is 0 Å². The van der Waals surface area contributed by atoms with E-state index in [1.807, 2.05) is 31.2 Å². The third kappa shape index (κ3) is 4.45. The van der Waals surface area contributed by atoms with Gasteiger partial charge in [-0.1, -0.05) is 11.6 Å². The van der Waals surface area contributed by atoms with E-state index in [-0.39, 0.29) is 5.91 Å². The highest BCUT2D eigenvalue weighted by atomic mass is 35.5. The molecule has 0 aliphatic heterocycles. The first-order valence-corrected chi connectivity index (χ1v) is 8.58. The third-order valence-corrected chi connectivity index (χ3v) is 4.16. The minimum absolute atomic E-state index is 0.186. The van der Waals surface area contributed by atoms with Gasteiger partial charge in [0.2, 0.25) is 0 Å². The van der Waals surface area contributed by atoms with Crippen molar-refractivity contribution in [1.29, 1.82) is 0 Å². The van der Waals surface area contributed by atoms with Crippen LogP contribution in [-0.4, -0.2) is 15.9 Å². The fourth-order valence-electron chi connectivity index (χ4n) is 2.65. The van der Waals surface area contributed by atoms with Crippen LogP contribution in [0.1, 0.15) is 27.3 Å². The summed E-state index contributed by atoms with van der Waals surface area (Å²) in [6, 6.07) is 13.0. The summed E-state index contributed by atoms with van der Waals surface area (Å²) in [5.74, 6) is -0.186. The molecule has 0 atom stereocenters. The SMILES string of the molecule is Cc1cc(-c2cc(CN)cc(C(=O)NCc3cc(Cl)ccn3)c2)ccn1. The summed E-state index contributed by atoms with van der Waals surface area (Å²) in [6.45, 7) is 2.59. The van der Waals surface area contributed by atoms with Crippen molar-refractivity contribution < 1.29 is 4.79 Å².